The Hall–Kier alpha value is -1.15. The van der Waals surface area contributed by atoms with Crippen molar-refractivity contribution in [2.24, 2.45) is 0 Å². The number of methoxy groups -OCH3 is 1. The number of nitrogens with one attached hydrogen (secondary N) is 1. The average Bonchev–Trinajstić information content (AvgIpc) is 2.51. The zero-order chi connectivity index (χ0) is 16.9. The number of sulfonamides is 1. The van der Waals surface area contributed by atoms with Gasteiger partial charge in [-0.25, -0.2) is 8.42 Å². The van der Waals surface area contributed by atoms with Gasteiger partial charge in [0.05, 0.1) is 25.1 Å². The maximum absolute atomic E-state index is 12.4. The van der Waals surface area contributed by atoms with Crippen molar-refractivity contribution in [2.75, 3.05) is 32.5 Å². The zero-order valence-corrected chi connectivity index (χ0v) is 14.8. The van der Waals surface area contributed by atoms with Gasteiger partial charge in [0.15, 0.2) is 0 Å². The predicted octanol–water partition coefficient (Wildman–Crippen LogP) is 1.22. The smallest absolute Gasteiger partial charge is 0.215 e. The van der Waals surface area contributed by atoms with Gasteiger partial charge >= 0.3 is 0 Å². The van der Waals surface area contributed by atoms with Gasteiger partial charge < -0.3 is 14.8 Å². The van der Waals surface area contributed by atoms with E-state index in [1.54, 1.807) is 7.11 Å². The van der Waals surface area contributed by atoms with Gasteiger partial charge in [-0.1, -0.05) is 18.2 Å². The average molecular weight is 342 g/mol. The zero-order valence-electron chi connectivity index (χ0n) is 14.0. The Labute approximate surface area is 138 Å². The molecule has 1 N–H and O–H groups in total. The summed E-state index contributed by atoms with van der Waals surface area (Å²) < 4.78 is 37.2. The lowest BCUT2D eigenvalue weighted by Gasteiger charge is -2.34. The Bertz CT molecular complexity index is 596. The van der Waals surface area contributed by atoms with Gasteiger partial charge in [-0.15, -0.1) is 0 Å². The highest BCUT2D eigenvalue weighted by atomic mass is 32.2. The second kappa shape index (κ2) is 8.10. The topological polar surface area (TPSA) is 67.9 Å². The minimum absolute atomic E-state index is 0.0601. The number of morpholine rings is 1. The molecular weight excluding hydrogens is 316 g/mol. The van der Waals surface area contributed by atoms with Crippen LogP contribution in [0.5, 0.6) is 5.75 Å². The summed E-state index contributed by atoms with van der Waals surface area (Å²) in [6, 6.07) is 7.70. The van der Waals surface area contributed by atoms with Crippen LogP contribution in [0.1, 0.15) is 19.4 Å². The van der Waals surface area contributed by atoms with Crippen molar-refractivity contribution in [1.29, 1.82) is 0 Å². The van der Waals surface area contributed by atoms with Crippen LogP contribution in [-0.2, 0) is 21.3 Å². The molecule has 1 aliphatic heterocycles. The molecule has 2 rings (SSSR count). The van der Waals surface area contributed by atoms with Gasteiger partial charge in [0.2, 0.25) is 10.0 Å². The highest BCUT2D eigenvalue weighted by molar-refractivity contribution is 7.89. The molecule has 0 aromatic heterocycles. The lowest BCUT2D eigenvalue weighted by Crippen LogP contribution is -2.49. The van der Waals surface area contributed by atoms with Crippen LogP contribution in [-0.4, -0.2) is 57.4 Å². The summed E-state index contributed by atoms with van der Waals surface area (Å²) in [5.74, 6) is 0.889. The van der Waals surface area contributed by atoms with E-state index in [-0.39, 0.29) is 18.0 Å². The summed E-state index contributed by atoms with van der Waals surface area (Å²) in [7, 11) is -1.63. The van der Waals surface area contributed by atoms with Crippen LogP contribution >= 0.6 is 0 Å². The molecule has 2 unspecified atom stereocenters. The van der Waals surface area contributed by atoms with E-state index in [2.05, 4.69) is 5.32 Å². The van der Waals surface area contributed by atoms with Crippen molar-refractivity contribution in [3.8, 4) is 5.75 Å². The van der Waals surface area contributed by atoms with Crippen LogP contribution in [0.3, 0.4) is 0 Å². The van der Waals surface area contributed by atoms with Gasteiger partial charge in [0.25, 0.3) is 0 Å². The first-order valence-electron chi connectivity index (χ1n) is 7.88. The molecule has 0 radical (unpaired) electrons. The summed E-state index contributed by atoms with van der Waals surface area (Å²) in [4.78, 5) is 0. The van der Waals surface area contributed by atoms with E-state index in [9.17, 15) is 8.42 Å². The van der Waals surface area contributed by atoms with Gasteiger partial charge in [-0.3, -0.25) is 0 Å². The van der Waals surface area contributed by atoms with Crippen LogP contribution in [0.4, 0.5) is 0 Å². The maximum Gasteiger partial charge on any atom is 0.215 e. The van der Waals surface area contributed by atoms with Gasteiger partial charge in [-0.2, -0.15) is 4.31 Å². The molecule has 1 heterocycles. The Morgan fingerprint density at radius 3 is 2.57 bits per heavy atom. The third-order valence-corrected chi connectivity index (χ3v) is 5.63. The summed E-state index contributed by atoms with van der Waals surface area (Å²) in [6.45, 7) is 5.64. The normalized spacial score (nSPS) is 22.9. The van der Waals surface area contributed by atoms with Gasteiger partial charge in [0.1, 0.15) is 5.75 Å². The van der Waals surface area contributed by atoms with Crippen LogP contribution in [0, 0.1) is 0 Å². The van der Waals surface area contributed by atoms with E-state index in [1.807, 2.05) is 38.1 Å². The maximum atomic E-state index is 12.4. The molecule has 1 saturated heterocycles. The summed E-state index contributed by atoms with van der Waals surface area (Å²) >= 11 is 0. The molecule has 1 aromatic carbocycles. The van der Waals surface area contributed by atoms with E-state index in [0.717, 1.165) is 11.3 Å². The number of ether oxygens (including phenoxy) is 2. The minimum atomic E-state index is -3.26. The Morgan fingerprint density at radius 2 is 1.91 bits per heavy atom. The molecular formula is C16H26N2O4S. The third kappa shape index (κ3) is 5.17. The molecule has 0 saturated carbocycles. The van der Waals surface area contributed by atoms with Crippen molar-refractivity contribution in [2.45, 2.75) is 32.6 Å². The van der Waals surface area contributed by atoms with Crippen LogP contribution < -0.4 is 10.1 Å². The predicted molar refractivity (Wildman–Crippen MR) is 90.1 cm³/mol. The van der Waals surface area contributed by atoms with E-state index in [4.69, 9.17) is 9.47 Å². The molecule has 0 aliphatic carbocycles. The third-order valence-electron chi connectivity index (χ3n) is 3.82. The molecule has 7 heteroatoms. The fourth-order valence-corrected chi connectivity index (χ4v) is 4.29. The monoisotopic (exact) mass is 342 g/mol. The molecule has 0 spiro atoms. The standard InChI is InChI=1S/C16H26N2O4S/c1-13-11-18(12-14(2)22-13)23(19,20)9-8-17-10-15-6-4-5-7-16(15)21-3/h4-7,13-14,17H,8-12H2,1-3H3. The Kier molecular flexibility index (Phi) is 6.41. The van der Waals surface area contributed by atoms with Crippen molar-refractivity contribution in [3.63, 3.8) is 0 Å². The number of hydrogen-bond donors (Lipinski definition) is 1. The van der Waals surface area contributed by atoms with Gasteiger partial charge in [0, 0.05) is 31.7 Å². The van der Waals surface area contributed by atoms with Gasteiger partial charge in [-0.05, 0) is 19.9 Å². The fourth-order valence-electron chi connectivity index (χ4n) is 2.76. The number of para-hydroxylation sites is 1. The SMILES string of the molecule is COc1ccccc1CNCCS(=O)(=O)N1CC(C)OC(C)C1. The molecule has 1 aromatic rings. The van der Waals surface area contributed by atoms with E-state index < -0.39 is 10.0 Å². The first-order chi connectivity index (χ1) is 10.9. The Balaban J connectivity index is 1.83. The molecule has 1 fully saturated rings. The fraction of sp³-hybridized carbons (Fsp3) is 0.625. The van der Waals surface area contributed by atoms with Crippen LogP contribution in [0.2, 0.25) is 0 Å². The number of rotatable bonds is 7. The Morgan fingerprint density at radius 1 is 1.26 bits per heavy atom. The minimum Gasteiger partial charge on any atom is -0.496 e. The quantitative estimate of drug-likeness (QED) is 0.755. The molecule has 0 bridgehead atoms. The molecule has 0 amide bonds. The molecule has 1 aliphatic rings. The van der Waals surface area contributed by atoms with Crippen molar-refractivity contribution < 1.29 is 17.9 Å². The van der Waals surface area contributed by atoms with Crippen LogP contribution in [0.15, 0.2) is 24.3 Å². The molecule has 130 valence electrons. The summed E-state index contributed by atoms with van der Waals surface area (Å²) in [6.07, 6.45) is -0.120. The van der Waals surface area contributed by atoms with Crippen molar-refractivity contribution in [1.82, 2.24) is 9.62 Å². The number of benzene rings is 1. The van der Waals surface area contributed by atoms with E-state index in [0.29, 0.717) is 26.2 Å². The van der Waals surface area contributed by atoms with E-state index in [1.165, 1.54) is 4.31 Å². The lowest BCUT2D eigenvalue weighted by atomic mass is 10.2. The van der Waals surface area contributed by atoms with E-state index >= 15 is 0 Å². The highest BCUT2D eigenvalue weighted by Crippen LogP contribution is 2.17. The lowest BCUT2D eigenvalue weighted by molar-refractivity contribution is -0.0440. The van der Waals surface area contributed by atoms with Crippen molar-refractivity contribution >= 4 is 10.0 Å². The number of nitrogens with zero attached hydrogens (tertiary/aromatic N) is 1. The molecule has 2 atom stereocenters. The first-order valence-corrected chi connectivity index (χ1v) is 9.49. The summed E-state index contributed by atoms with van der Waals surface area (Å²) in [5, 5.41) is 3.18. The second-order valence-corrected chi connectivity index (χ2v) is 7.97. The molecule has 6 nitrogen and oxygen atoms in total. The largest absolute Gasteiger partial charge is 0.496 e. The van der Waals surface area contributed by atoms with Crippen molar-refractivity contribution in [3.05, 3.63) is 29.8 Å². The summed E-state index contributed by atoms with van der Waals surface area (Å²) in [5.41, 5.74) is 1.01. The second-order valence-electron chi connectivity index (χ2n) is 5.88. The number of hydrogen-bond acceptors (Lipinski definition) is 5. The highest BCUT2D eigenvalue weighted by Gasteiger charge is 2.30. The van der Waals surface area contributed by atoms with Crippen LogP contribution in [0.25, 0.3) is 0 Å². The first kappa shape index (κ1) is 18.2. The molecule has 23 heavy (non-hydrogen) atoms.